The summed E-state index contributed by atoms with van der Waals surface area (Å²) in [6.45, 7) is 0. The van der Waals surface area contributed by atoms with Gasteiger partial charge in [-0.2, -0.15) is 0 Å². The molecule has 3 aromatic carbocycles. The molecule has 1 amide bonds. The molecule has 0 aliphatic rings. The smallest absolute Gasteiger partial charge is 0.267 e. The molecule has 0 aliphatic carbocycles. The van der Waals surface area contributed by atoms with Gasteiger partial charge in [-0.15, -0.1) is 0 Å². The van der Waals surface area contributed by atoms with Crippen LogP contribution in [-0.2, 0) is 14.6 Å². The second kappa shape index (κ2) is 7.80. The number of carbonyl (C=O) groups excluding carboxylic acids is 1. The molecule has 0 aromatic heterocycles. The van der Waals surface area contributed by atoms with Crippen LogP contribution in [-0.4, -0.2) is 14.3 Å². The van der Waals surface area contributed by atoms with Crippen LogP contribution in [0.5, 0.6) is 0 Å². The van der Waals surface area contributed by atoms with Gasteiger partial charge in [0, 0.05) is 5.69 Å². The molecule has 0 unspecified atom stereocenters. The van der Waals surface area contributed by atoms with Crippen molar-refractivity contribution in [1.82, 2.24) is 0 Å². The lowest BCUT2D eigenvalue weighted by atomic mass is 10.2. The van der Waals surface area contributed by atoms with Crippen LogP contribution in [0.15, 0.2) is 101 Å². The van der Waals surface area contributed by atoms with E-state index in [9.17, 15) is 13.2 Å². The Kier molecular flexibility index (Phi) is 5.29. The lowest BCUT2D eigenvalue weighted by molar-refractivity contribution is -0.112. The summed E-state index contributed by atoms with van der Waals surface area (Å²) in [6, 6.07) is 25.6. The summed E-state index contributed by atoms with van der Waals surface area (Å²) in [5.74, 6) is -0.677. The predicted molar refractivity (Wildman–Crippen MR) is 103 cm³/mol. The van der Waals surface area contributed by atoms with E-state index < -0.39 is 15.7 Å². The molecule has 26 heavy (non-hydrogen) atoms. The largest absolute Gasteiger partial charge is 0.321 e. The number of anilines is 1. The fourth-order valence-corrected chi connectivity index (χ4v) is 3.76. The maximum atomic E-state index is 13.0. The number of sulfone groups is 1. The summed E-state index contributed by atoms with van der Waals surface area (Å²) in [5, 5.41) is 2.65. The zero-order chi connectivity index (χ0) is 18.4. The summed E-state index contributed by atoms with van der Waals surface area (Å²) in [4.78, 5) is 12.5. The number of rotatable bonds is 5. The van der Waals surface area contributed by atoms with Gasteiger partial charge in [0.15, 0.2) is 0 Å². The molecular weight excluding hydrogens is 346 g/mol. The molecule has 0 aliphatic heterocycles. The van der Waals surface area contributed by atoms with Crippen LogP contribution in [0, 0.1) is 0 Å². The number of amides is 1. The molecule has 0 atom stereocenters. The average Bonchev–Trinajstić information content (AvgIpc) is 2.68. The first kappa shape index (κ1) is 17.6. The zero-order valence-corrected chi connectivity index (χ0v) is 14.7. The highest BCUT2D eigenvalue weighted by molar-refractivity contribution is 7.96. The molecule has 0 spiro atoms. The van der Waals surface area contributed by atoms with E-state index in [-0.39, 0.29) is 9.80 Å². The molecule has 0 fully saturated rings. The van der Waals surface area contributed by atoms with Crippen molar-refractivity contribution in [3.8, 4) is 0 Å². The van der Waals surface area contributed by atoms with Crippen LogP contribution in [0.4, 0.5) is 5.69 Å². The van der Waals surface area contributed by atoms with E-state index in [2.05, 4.69) is 5.32 Å². The SMILES string of the molecule is O=C(Nc1ccccc1)/C(=C\c1ccccc1)S(=O)(=O)c1ccccc1. The first-order chi connectivity index (χ1) is 12.6. The number of hydrogen-bond acceptors (Lipinski definition) is 3. The van der Waals surface area contributed by atoms with Crippen molar-refractivity contribution < 1.29 is 13.2 Å². The number of carbonyl (C=O) groups is 1. The maximum absolute atomic E-state index is 13.0. The second-order valence-electron chi connectivity index (χ2n) is 5.56. The Labute approximate surface area is 152 Å². The van der Waals surface area contributed by atoms with E-state index in [0.29, 0.717) is 11.3 Å². The van der Waals surface area contributed by atoms with Crippen molar-refractivity contribution in [2.24, 2.45) is 0 Å². The third kappa shape index (κ3) is 4.07. The van der Waals surface area contributed by atoms with Crippen molar-refractivity contribution >= 4 is 27.5 Å². The van der Waals surface area contributed by atoms with Crippen LogP contribution in [0.1, 0.15) is 5.56 Å². The van der Waals surface area contributed by atoms with Crippen molar-refractivity contribution in [3.63, 3.8) is 0 Å². The number of para-hydroxylation sites is 1. The Bertz CT molecular complexity index is 1010. The molecule has 3 aromatic rings. The van der Waals surface area contributed by atoms with Gasteiger partial charge < -0.3 is 5.32 Å². The minimum absolute atomic E-state index is 0.0744. The van der Waals surface area contributed by atoms with Gasteiger partial charge in [0.1, 0.15) is 4.91 Å². The lowest BCUT2D eigenvalue weighted by Crippen LogP contribution is -2.21. The zero-order valence-electron chi connectivity index (χ0n) is 13.9. The fourth-order valence-electron chi connectivity index (χ4n) is 2.41. The summed E-state index contributed by atoms with van der Waals surface area (Å²) in [5.41, 5.74) is 1.16. The minimum Gasteiger partial charge on any atom is -0.321 e. The van der Waals surface area contributed by atoms with Crippen molar-refractivity contribution in [3.05, 3.63) is 101 Å². The van der Waals surface area contributed by atoms with Gasteiger partial charge >= 0.3 is 0 Å². The molecule has 5 heteroatoms. The molecule has 0 bridgehead atoms. The van der Waals surface area contributed by atoms with Crippen molar-refractivity contribution in [2.45, 2.75) is 4.90 Å². The first-order valence-electron chi connectivity index (χ1n) is 8.01. The van der Waals surface area contributed by atoms with Crippen LogP contribution < -0.4 is 5.32 Å². The van der Waals surface area contributed by atoms with Crippen LogP contribution >= 0.6 is 0 Å². The fraction of sp³-hybridized carbons (Fsp3) is 0. The number of hydrogen-bond donors (Lipinski definition) is 1. The maximum Gasteiger partial charge on any atom is 0.267 e. The van der Waals surface area contributed by atoms with E-state index in [1.54, 1.807) is 66.7 Å². The topological polar surface area (TPSA) is 63.2 Å². The molecular formula is C21H17NO3S. The van der Waals surface area contributed by atoms with E-state index in [1.165, 1.54) is 18.2 Å². The van der Waals surface area contributed by atoms with Gasteiger partial charge in [-0.3, -0.25) is 4.79 Å². The third-order valence-corrected chi connectivity index (χ3v) is 5.47. The summed E-state index contributed by atoms with van der Waals surface area (Å²) < 4.78 is 26.1. The second-order valence-corrected chi connectivity index (χ2v) is 7.47. The van der Waals surface area contributed by atoms with Gasteiger partial charge in [0.05, 0.1) is 4.90 Å². The summed E-state index contributed by atoms with van der Waals surface area (Å²) in [7, 11) is -3.97. The molecule has 0 saturated carbocycles. The van der Waals surface area contributed by atoms with Crippen LogP contribution in [0.3, 0.4) is 0 Å². The Balaban J connectivity index is 2.05. The monoisotopic (exact) mass is 363 g/mol. The average molecular weight is 363 g/mol. The van der Waals surface area contributed by atoms with Crippen LogP contribution in [0.25, 0.3) is 6.08 Å². The number of nitrogens with one attached hydrogen (secondary N) is 1. The van der Waals surface area contributed by atoms with Crippen LogP contribution in [0.2, 0.25) is 0 Å². The molecule has 0 saturated heterocycles. The lowest BCUT2D eigenvalue weighted by Gasteiger charge is -2.11. The minimum atomic E-state index is -3.97. The molecule has 0 radical (unpaired) electrons. The van der Waals surface area contributed by atoms with Gasteiger partial charge in [0.25, 0.3) is 5.91 Å². The van der Waals surface area contributed by atoms with Crippen molar-refractivity contribution in [1.29, 1.82) is 0 Å². The molecule has 4 nitrogen and oxygen atoms in total. The quantitative estimate of drug-likeness (QED) is 0.693. The highest BCUT2D eigenvalue weighted by atomic mass is 32.2. The Morgan fingerprint density at radius 1 is 0.731 bits per heavy atom. The Morgan fingerprint density at radius 2 is 1.23 bits per heavy atom. The number of benzene rings is 3. The molecule has 3 rings (SSSR count). The van der Waals surface area contributed by atoms with Gasteiger partial charge in [-0.1, -0.05) is 66.7 Å². The van der Waals surface area contributed by atoms with E-state index in [0.717, 1.165) is 0 Å². The Hall–Kier alpha value is -3.18. The first-order valence-corrected chi connectivity index (χ1v) is 9.49. The third-order valence-electron chi connectivity index (χ3n) is 3.70. The standard InChI is InChI=1S/C21H17NO3S/c23-21(22-18-12-6-2-7-13-18)20(16-17-10-4-1-5-11-17)26(24,25)19-14-8-3-9-15-19/h1-16H,(H,22,23)/b20-16+. The molecule has 130 valence electrons. The highest BCUT2D eigenvalue weighted by Crippen LogP contribution is 2.23. The molecule has 0 heterocycles. The Morgan fingerprint density at radius 3 is 1.81 bits per heavy atom. The van der Waals surface area contributed by atoms with E-state index >= 15 is 0 Å². The predicted octanol–water partition coefficient (Wildman–Crippen LogP) is 4.14. The van der Waals surface area contributed by atoms with Gasteiger partial charge in [-0.05, 0) is 35.9 Å². The van der Waals surface area contributed by atoms with E-state index in [1.807, 2.05) is 12.1 Å². The summed E-state index contributed by atoms with van der Waals surface area (Å²) in [6.07, 6.45) is 1.39. The van der Waals surface area contributed by atoms with Gasteiger partial charge in [0.2, 0.25) is 9.84 Å². The van der Waals surface area contributed by atoms with Gasteiger partial charge in [-0.25, -0.2) is 8.42 Å². The summed E-state index contributed by atoms with van der Waals surface area (Å²) >= 11 is 0. The van der Waals surface area contributed by atoms with E-state index in [4.69, 9.17) is 0 Å². The highest BCUT2D eigenvalue weighted by Gasteiger charge is 2.27. The normalized spacial score (nSPS) is 11.8. The van der Waals surface area contributed by atoms with Crippen molar-refractivity contribution in [2.75, 3.05) is 5.32 Å². The molecule has 1 N–H and O–H groups in total.